The summed E-state index contributed by atoms with van der Waals surface area (Å²) in [6, 6.07) is 8.81. The summed E-state index contributed by atoms with van der Waals surface area (Å²) in [4.78, 5) is 8.34. The van der Waals surface area contributed by atoms with Crippen molar-refractivity contribution in [3.8, 4) is 0 Å². The first-order valence-corrected chi connectivity index (χ1v) is 8.21. The number of aromatic nitrogens is 2. The normalized spacial score (nSPS) is 12.3. The van der Waals surface area contributed by atoms with Crippen molar-refractivity contribution < 1.29 is 4.52 Å². The molecule has 6 nitrogen and oxygen atoms in total. The lowest BCUT2D eigenvalue weighted by Crippen LogP contribution is -2.37. The summed E-state index contributed by atoms with van der Waals surface area (Å²) in [5.74, 6) is 1.90. The summed E-state index contributed by atoms with van der Waals surface area (Å²) in [5, 5.41) is 10.2. The number of rotatable bonds is 5. The van der Waals surface area contributed by atoms with Gasteiger partial charge in [-0.15, -0.1) is 0 Å². The van der Waals surface area contributed by atoms with Crippen molar-refractivity contribution in [2.75, 3.05) is 13.6 Å². The molecule has 1 aromatic heterocycles. The van der Waals surface area contributed by atoms with Gasteiger partial charge in [0.1, 0.15) is 0 Å². The summed E-state index contributed by atoms with van der Waals surface area (Å²) < 4.78 is 5.07. The lowest BCUT2D eigenvalue weighted by atomic mass is 9.86. The van der Waals surface area contributed by atoms with Crippen molar-refractivity contribution >= 4 is 5.96 Å². The van der Waals surface area contributed by atoms with E-state index in [4.69, 9.17) is 4.52 Å². The second kappa shape index (κ2) is 7.95. The van der Waals surface area contributed by atoms with Gasteiger partial charge in [-0.2, -0.15) is 4.98 Å². The molecule has 0 bridgehead atoms. The Hall–Kier alpha value is -2.37. The molecule has 0 amide bonds. The van der Waals surface area contributed by atoms with Crippen LogP contribution in [-0.4, -0.2) is 29.7 Å². The van der Waals surface area contributed by atoms with E-state index in [1.165, 1.54) is 11.1 Å². The molecule has 2 rings (SSSR count). The maximum Gasteiger partial charge on any atom is 0.246 e. The Kier molecular flexibility index (Phi) is 5.95. The third-order valence-corrected chi connectivity index (χ3v) is 3.73. The van der Waals surface area contributed by atoms with E-state index in [2.05, 4.69) is 70.8 Å². The number of benzene rings is 1. The van der Waals surface area contributed by atoms with Gasteiger partial charge in [0, 0.05) is 13.6 Å². The minimum Gasteiger partial charge on any atom is -0.356 e. The Morgan fingerprint density at radius 1 is 1.17 bits per heavy atom. The van der Waals surface area contributed by atoms with Crippen LogP contribution in [-0.2, 0) is 18.4 Å². The highest BCUT2D eigenvalue weighted by Crippen LogP contribution is 2.22. The molecule has 24 heavy (non-hydrogen) atoms. The standard InChI is InChI=1S/C18H27N5O/c1-13-22-16(24-23-13)12-21-17(19-5)20-11-10-14-6-8-15(9-7-14)18(2,3)4/h6-9H,10-12H2,1-5H3,(H2,19,20,21). The first kappa shape index (κ1) is 18.0. The fraction of sp³-hybridized carbons (Fsp3) is 0.500. The van der Waals surface area contributed by atoms with Gasteiger partial charge in [-0.3, -0.25) is 4.99 Å². The van der Waals surface area contributed by atoms with Gasteiger partial charge in [-0.05, 0) is 29.9 Å². The molecule has 0 spiro atoms. The largest absolute Gasteiger partial charge is 0.356 e. The molecule has 1 aromatic carbocycles. The van der Waals surface area contributed by atoms with Crippen LogP contribution in [0, 0.1) is 6.92 Å². The summed E-state index contributed by atoms with van der Waals surface area (Å²) in [7, 11) is 1.74. The van der Waals surface area contributed by atoms with E-state index in [1.807, 2.05) is 0 Å². The first-order chi connectivity index (χ1) is 11.4. The number of aliphatic imine (C=N–C) groups is 1. The highest BCUT2D eigenvalue weighted by molar-refractivity contribution is 5.79. The summed E-state index contributed by atoms with van der Waals surface area (Å²) in [6.45, 7) is 9.74. The third-order valence-electron chi connectivity index (χ3n) is 3.73. The first-order valence-electron chi connectivity index (χ1n) is 8.21. The summed E-state index contributed by atoms with van der Waals surface area (Å²) >= 11 is 0. The van der Waals surface area contributed by atoms with Crippen LogP contribution in [0.4, 0.5) is 0 Å². The molecular formula is C18H27N5O. The molecule has 0 atom stereocenters. The molecule has 1 heterocycles. The van der Waals surface area contributed by atoms with Crippen LogP contribution in [0.1, 0.15) is 43.6 Å². The maximum absolute atomic E-state index is 5.07. The van der Waals surface area contributed by atoms with E-state index in [0.29, 0.717) is 18.3 Å². The molecule has 0 unspecified atom stereocenters. The van der Waals surface area contributed by atoms with Crippen LogP contribution in [0.25, 0.3) is 0 Å². The average Bonchev–Trinajstić information content (AvgIpc) is 2.96. The maximum atomic E-state index is 5.07. The molecule has 0 aliphatic rings. The Balaban J connectivity index is 1.77. The zero-order chi connectivity index (χ0) is 17.6. The molecule has 2 aromatic rings. The predicted molar refractivity (Wildman–Crippen MR) is 96.1 cm³/mol. The van der Waals surface area contributed by atoms with E-state index in [0.717, 1.165) is 18.9 Å². The molecule has 130 valence electrons. The van der Waals surface area contributed by atoms with Crippen LogP contribution < -0.4 is 10.6 Å². The van der Waals surface area contributed by atoms with Crippen LogP contribution in [0.2, 0.25) is 0 Å². The lowest BCUT2D eigenvalue weighted by molar-refractivity contribution is 0.371. The topological polar surface area (TPSA) is 75.3 Å². The van der Waals surface area contributed by atoms with Gasteiger partial charge in [0.05, 0.1) is 6.54 Å². The van der Waals surface area contributed by atoms with Crippen molar-refractivity contribution in [3.05, 3.63) is 47.1 Å². The van der Waals surface area contributed by atoms with E-state index in [9.17, 15) is 0 Å². The van der Waals surface area contributed by atoms with Gasteiger partial charge in [-0.1, -0.05) is 50.2 Å². The molecular weight excluding hydrogens is 302 g/mol. The fourth-order valence-electron chi connectivity index (χ4n) is 2.29. The second-order valence-electron chi connectivity index (χ2n) is 6.78. The van der Waals surface area contributed by atoms with Crippen molar-refractivity contribution in [2.45, 2.75) is 46.1 Å². The molecule has 0 aliphatic heterocycles. The molecule has 6 heteroatoms. The van der Waals surface area contributed by atoms with Crippen molar-refractivity contribution in [1.29, 1.82) is 0 Å². The zero-order valence-corrected chi connectivity index (χ0v) is 15.2. The number of hydrogen-bond acceptors (Lipinski definition) is 4. The molecule has 0 aliphatic carbocycles. The minimum absolute atomic E-state index is 0.190. The molecule has 0 saturated carbocycles. The average molecular weight is 329 g/mol. The predicted octanol–water partition coefficient (Wildman–Crippen LogP) is 2.58. The van der Waals surface area contributed by atoms with Gasteiger partial charge in [0.2, 0.25) is 5.89 Å². The van der Waals surface area contributed by atoms with Crippen molar-refractivity contribution in [2.24, 2.45) is 4.99 Å². The smallest absolute Gasteiger partial charge is 0.246 e. The quantitative estimate of drug-likeness (QED) is 0.651. The van der Waals surface area contributed by atoms with Gasteiger partial charge >= 0.3 is 0 Å². The lowest BCUT2D eigenvalue weighted by Gasteiger charge is -2.19. The molecule has 0 fully saturated rings. The fourth-order valence-corrected chi connectivity index (χ4v) is 2.29. The van der Waals surface area contributed by atoms with E-state index >= 15 is 0 Å². The van der Waals surface area contributed by atoms with Gasteiger partial charge in [0.25, 0.3) is 0 Å². The van der Waals surface area contributed by atoms with Crippen molar-refractivity contribution in [3.63, 3.8) is 0 Å². The number of aryl methyl sites for hydroxylation is 1. The van der Waals surface area contributed by atoms with E-state index in [-0.39, 0.29) is 5.41 Å². The zero-order valence-electron chi connectivity index (χ0n) is 15.2. The van der Waals surface area contributed by atoms with Crippen LogP contribution in [0.5, 0.6) is 0 Å². The summed E-state index contributed by atoms with van der Waals surface area (Å²) in [5.41, 5.74) is 2.85. The number of guanidine groups is 1. The Labute approximate surface area is 143 Å². The minimum atomic E-state index is 0.190. The molecule has 0 radical (unpaired) electrons. The number of nitrogens with one attached hydrogen (secondary N) is 2. The van der Waals surface area contributed by atoms with Gasteiger partial charge in [0.15, 0.2) is 11.8 Å². The van der Waals surface area contributed by atoms with Crippen LogP contribution in [0.3, 0.4) is 0 Å². The van der Waals surface area contributed by atoms with Crippen LogP contribution in [0.15, 0.2) is 33.8 Å². The van der Waals surface area contributed by atoms with E-state index in [1.54, 1.807) is 14.0 Å². The highest BCUT2D eigenvalue weighted by atomic mass is 16.5. The van der Waals surface area contributed by atoms with Gasteiger partial charge in [-0.25, -0.2) is 0 Å². The number of hydrogen-bond donors (Lipinski definition) is 2. The monoisotopic (exact) mass is 329 g/mol. The van der Waals surface area contributed by atoms with E-state index < -0.39 is 0 Å². The highest BCUT2D eigenvalue weighted by Gasteiger charge is 2.12. The second-order valence-corrected chi connectivity index (χ2v) is 6.78. The van der Waals surface area contributed by atoms with Crippen molar-refractivity contribution in [1.82, 2.24) is 20.8 Å². The van der Waals surface area contributed by atoms with Gasteiger partial charge < -0.3 is 15.2 Å². The third kappa shape index (κ3) is 5.37. The molecule has 0 saturated heterocycles. The Morgan fingerprint density at radius 2 is 1.88 bits per heavy atom. The SMILES string of the molecule is CN=C(NCCc1ccc(C(C)(C)C)cc1)NCc1nc(C)no1. The van der Waals surface area contributed by atoms with Crippen LogP contribution >= 0.6 is 0 Å². The number of nitrogens with zero attached hydrogens (tertiary/aromatic N) is 3. The molecule has 2 N–H and O–H groups in total. The Bertz CT molecular complexity index is 667. The Morgan fingerprint density at radius 3 is 2.42 bits per heavy atom. The summed E-state index contributed by atoms with van der Waals surface area (Å²) in [6.07, 6.45) is 0.935.